The smallest absolute Gasteiger partial charge is 0.200 e. The van der Waals surface area contributed by atoms with E-state index >= 15 is 0 Å². The fourth-order valence-corrected chi connectivity index (χ4v) is 1.71. The Balaban J connectivity index is 2.00. The summed E-state index contributed by atoms with van der Waals surface area (Å²) in [6, 6.07) is 10.3. The van der Waals surface area contributed by atoms with Crippen molar-refractivity contribution in [2.24, 2.45) is 0 Å². The number of hydrogen-bond acceptors (Lipinski definition) is 4. The molecule has 0 spiro atoms. The summed E-state index contributed by atoms with van der Waals surface area (Å²) in [7, 11) is 1.35. The number of halogens is 1. The van der Waals surface area contributed by atoms with Gasteiger partial charge in [0.25, 0.3) is 0 Å². The van der Waals surface area contributed by atoms with Gasteiger partial charge in [0.05, 0.1) is 7.11 Å². The van der Waals surface area contributed by atoms with Crippen molar-refractivity contribution in [2.75, 3.05) is 13.7 Å². The molecule has 0 saturated carbocycles. The zero-order valence-electron chi connectivity index (χ0n) is 11.3. The van der Waals surface area contributed by atoms with Crippen LogP contribution in [0.15, 0.2) is 42.5 Å². The van der Waals surface area contributed by atoms with Crippen molar-refractivity contribution in [1.82, 2.24) is 0 Å². The number of benzene rings is 2. The molecule has 0 fully saturated rings. The molecule has 0 bridgehead atoms. The molecular formula is C16H13FO4. The van der Waals surface area contributed by atoms with E-state index < -0.39 is 5.82 Å². The van der Waals surface area contributed by atoms with Crippen molar-refractivity contribution in [2.45, 2.75) is 0 Å². The average Bonchev–Trinajstić information content (AvgIpc) is 2.53. The quantitative estimate of drug-likeness (QED) is 0.606. The van der Waals surface area contributed by atoms with Gasteiger partial charge < -0.3 is 9.47 Å². The van der Waals surface area contributed by atoms with Crippen LogP contribution in [0.2, 0.25) is 0 Å². The summed E-state index contributed by atoms with van der Waals surface area (Å²) < 4.78 is 23.6. The molecule has 2 rings (SSSR count). The van der Waals surface area contributed by atoms with E-state index in [9.17, 15) is 14.0 Å². The monoisotopic (exact) mass is 288 g/mol. The predicted molar refractivity (Wildman–Crippen MR) is 74.6 cm³/mol. The van der Waals surface area contributed by atoms with Crippen LogP contribution in [0.3, 0.4) is 0 Å². The molecule has 0 aliphatic rings. The van der Waals surface area contributed by atoms with Crippen molar-refractivity contribution >= 4 is 12.1 Å². The van der Waals surface area contributed by atoms with Gasteiger partial charge in [0.2, 0.25) is 0 Å². The molecule has 0 aliphatic carbocycles. The Kier molecular flexibility index (Phi) is 4.66. The fraction of sp³-hybridized carbons (Fsp3) is 0.125. The van der Waals surface area contributed by atoms with Gasteiger partial charge in [-0.1, -0.05) is 0 Å². The van der Waals surface area contributed by atoms with Crippen LogP contribution in [-0.4, -0.2) is 25.8 Å². The van der Waals surface area contributed by atoms with Gasteiger partial charge in [0.15, 0.2) is 24.0 Å². The lowest BCUT2D eigenvalue weighted by atomic mass is 10.1. The maximum absolute atomic E-state index is 13.5. The van der Waals surface area contributed by atoms with Gasteiger partial charge >= 0.3 is 0 Å². The first kappa shape index (κ1) is 14.7. The molecule has 0 saturated heterocycles. The molecule has 0 radical (unpaired) electrons. The predicted octanol–water partition coefficient (Wildman–Crippen LogP) is 2.91. The van der Waals surface area contributed by atoms with Crippen LogP contribution >= 0.6 is 0 Å². The lowest BCUT2D eigenvalue weighted by Gasteiger charge is -2.07. The van der Waals surface area contributed by atoms with Crippen LogP contribution in [-0.2, 0) is 0 Å². The molecule has 0 amide bonds. The van der Waals surface area contributed by atoms with Gasteiger partial charge in [-0.3, -0.25) is 9.59 Å². The van der Waals surface area contributed by atoms with E-state index in [1.54, 1.807) is 24.3 Å². The number of carbonyl (C=O) groups is 2. The van der Waals surface area contributed by atoms with Crippen molar-refractivity contribution in [3.8, 4) is 11.5 Å². The van der Waals surface area contributed by atoms with Crippen LogP contribution in [0, 0.1) is 5.82 Å². The molecule has 108 valence electrons. The highest BCUT2D eigenvalue weighted by molar-refractivity contribution is 5.97. The van der Waals surface area contributed by atoms with E-state index in [4.69, 9.17) is 9.47 Å². The molecule has 0 heterocycles. The third-order valence-electron chi connectivity index (χ3n) is 2.86. The van der Waals surface area contributed by atoms with Gasteiger partial charge in [0, 0.05) is 11.1 Å². The Morgan fingerprint density at radius 1 is 1.19 bits per heavy atom. The molecule has 21 heavy (non-hydrogen) atoms. The molecule has 0 aromatic heterocycles. The summed E-state index contributed by atoms with van der Waals surface area (Å²) in [5.41, 5.74) is 0.726. The highest BCUT2D eigenvalue weighted by Crippen LogP contribution is 2.18. The van der Waals surface area contributed by atoms with Crippen molar-refractivity contribution in [3.05, 3.63) is 59.4 Å². The van der Waals surface area contributed by atoms with Gasteiger partial charge in [-0.05, 0) is 42.5 Å². The zero-order valence-corrected chi connectivity index (χ0v) is 11.3. The Bertz CT molecular complexity index is 650. The molecule has 5 heteroatoms. The first-order chi connectivity index (χ1) is 10.1. The van der Waals surface area contributed by atoms with Crippen LogP contribution in [0.4, 0.5) is 4.39 Å². The minimum Gasteiger partial charge on any atom is -0.494 e. The van der Waals surface area contributed by atoms with E-state index in [0.717, 1.165) is 12.4 Å². The lowest BCUT2D eigenvalue weighted by molar-refractivity contribution is 0.0920. The van der Waals surface area contributed by atoms with E-state index in [2.05, 4.69) is 0 Å². The summed E-state index contributed by atoms with van der Waals surface area (Å²) in [5.74, 6) is -0.408. The second kappa shape index (κ2) is 6.65. The van der Waals surface area contributed by atoms with E-state index in [-0.39, 0.29) is 23.7 Å². The Morgan fingerprint density at radius 2 is 1.90 bits per heavy atom. The van der Waals surface area contributed by atoms with E-state index in [1.807, 2.05) is 0 Å². The molecule has 4 nitrogen and oxygen atoms in total. The number of Topliss-reactive ketones (excluding diaryl/α,β-unsaturated/α-hetero) is 1. The highest BCUT2D eigenvalue weighted by atomic mass is 19.1. The highest BCUT2D eigenvalue weighted by Gasteiger charge is 2.11. The molecule has 2 aromatic carbocycles. The van der Waals surface area contributed by atoms with Crippen molar-refractivity contribution < 1.29 is 23.5 Å². The third-order valence-corrected chi connectivity index (χ3v) is 2.86. The van der Waals surface area contributed by atoms with Crippen LogP contribution in [0.5, 0.6) is 11.5 Å². The molecule has 0 unspecified atom stereocenters. The minimum absolute atomic E-state index is 0.0805. The van der Waals surface area contributed by atoms with E-state index in [0.29, 0.717) is 11.3 Å². The van der Waals surface area contributed by atoms with Gasteiger partial charge in [0.1, 0.15) is 12.0 Å². The fourth-order valence-electron chi connectivity index (χ4n) is 1.71. The lowest BCUT2D eigenvalue weighted by Crippen LogP contribution is -2.12. The first-order valence-corrected chi connectivity index (χ1v) is 6.19. The zero-order chi connectivity index (χ0) is 15.2. The Labute approximate surface area is 121 Å². The van der Waals surface area contributed by atoms with Crippen molar-refractivity contribution in [3.63, 3.8) is 0 Å². The Morgan fingerprint density at radius 3 is 2.48 bits per heavy atom. The maximum Gasteiger partial charge on any atom is 0.200 e. The number of rotatable bonds is 6. The van der Waals surface area contributed by atoms with E-state index in [1.165, 1.54) is 19.2 Å². The Hall–Kier alpha value is -2.69. The minimum atomic E-state index is -0.598. The van der Waals surface area contributed by atoms with Crippen LogP contribution in [0.1, 0.15) is 20.7 Å². The number of ether oxygens (including phenoxy) is 2. The standard InChI is InChI=1S/C16H13FO4/c1-20-16-7-4-12(8-14(16)17)15(19)10-21-13-5-2-11(9-18)3-6-13/h2-9H,10H2,1H3. The van der Waals surface area contributed by atoms with Gasteiger partial charge in [-0.2, -0.15) is 0 Å². The molecule has 0 aliphatic heterocycles. The molecule has 0 N–H and O–H groups in total. The summed E-state index contributed by atoms with van der Waals surface area (Å²) in [4.78, 5) is 22.4. The SMILES string of the molecule is COc1ccc(C(=O)COc2ccc(C=O)cc2)cc1F. The normalized spacial score (nSPS) is 10.0. The number of ketones is 1. The summed E-state index contributed by atoms with van der Waals surface area (Å²) in [6.45, 7) is -0.216. The van der Waals surface area contributed by atoms with Gasteiger partial charge in [-0.15, -0.1) is 0 Å². The van der Waals surface area contributed by atoms with Gasteiger partial charge in [-0.25, -0.2) is 4.39 Å². The number of methoxy groups -OCH3 is 1. The summed E-state index contributed by atoms with van der Waals surface area (Å²) in [6.07, 6.45) is 0.717. The second-order valence-electron chi connectivity index (χ2n) is 4.25. The topological polar surface area (TPSA) is 52.6 Å². The third kappa shape index (κ3) is 3.66. The summed E-state index contributed by atoms with van der Waals surface area (Å²) in [5, 5.41) is 0. The number of hydrogen-bond donors (Lipinski definition) is 0. The average molecular weight is 288 g/mol. The molecule has 0 atom stereocenters. The number of carbonyl (C=O) groups excluding carboxylic acids is 2. The van der Waals surface area contributed by atoms with Crippen LogP contribution < -0.4 is 9.47 Å². The second-order valence-corrected chi connectivity index (χ2v) is 4.25. The molecule has 2 aromatic rings. The maximum atomic E-state index is 13.5. The van der Waals surface area contributed by atoms with Crippen molar-refractivity contribution in [1.29, 1.82) is 0 Å². The van der Waals surface area contributed by atoms with Crippen LogP contribution in [0.25, 0.3) is 0 Å². The molecular weight excluding hydrogens is 275 g/mol. The summed E-state index contributed by atoms with van der Waals surface area (Å²) >= 11 is 0. The largest absolute Gasteiger partial charge is 0.494 e. The first-order valence-electron chi connectivity index (χ1n) is 6.19. The number of aldehydes is 1.